The van der Waals surface area contributed by atoms with Crippen LogP contribution in [0, 0.1) is 0 Å². The number of benzene rings is 2. The molecule has 0 unspecified atom stereocenters. The molecule has 0 atom stereocenters. The van der Waals surface area contributed by atoms with Gasteiger partial charge in [-0.05, 0) is 56.3 Å². The molecule has 5 heteroatoms. The molecule has 27 heavy (non-hydrogen) atoms. The van der Waals surface area contributed by atoms with E-state index in [4.69, 9.17) is 13.9 Å². The molecule has 4 rings (SSSR count). The van der Waals surface area contributed by atoms with E-state index < -0.39 is 0 Å². The first-order valence-electron chi connectivity index (χ1n) is 9.49. The van der Waals surface area contributed by atoms with Crippen LogP contribution in [0.3, 0.4) is 0 Å². The number of nitrogens with zero attached hydrogens (tertiary/aromatic N) is 1. The van der Waals surface area contributed by atoms with Gasteiger partial charge < -0.3 is 19.0 Å². The van der Waals surface area contributed by atoms with Crippen LogP contribution in [0.2, 0.25) is 0 Å². The van der Waals surface area contributed by atoms with Gasteiger partial charge in [-0.15, -0.1) is 0 Å². The fraction of sp³-hybridized carbons (Fsp3) is 0.364. The molecule has 0 radical (unpaired) electrons. The summed E-state index contributed by atoms with van der Waals surface area (Å²) in [6.45, 7) is 3.87. The Morgan fingerprint density at radius 1 is 1.00 bits per heavy atom. The summed E-state index contributed by atoms with van der Waals surface area (Å²) in [5.41, 5.74) is 1.37. The zero-order chi connectivity index (χ0) is 18.6. The third kappa shape index (κ3) is 4.03. The number of rotatable bonds is 6. The molecule has 1 N–H and O–H groups in total. The minimum absolute atomic E-state index is 0.150. The monoisotopic (exact) mass is 367 g/mol. The largest absolute Gasteiger partial charge is 0.507 e. The zero-order valence-electron chi connectivity index (χ0n) is 15.6. The first kappa shape index (κ1) is 17.7. The van der Waals surface area contributed by atoms with Crippen molar-refractivity contribution in [1.29, 1.82) is 0 Å². The van der Waals surface area contributed by atoms with Crippen LogP contribution in [0.25, 0.3) is 22.3 Å². The van der Waals surface area contributed by atoms with Gasteiger partial charge in [0.15, 0.2) is 0 Å². The van der Waals surface area contributed by atoms with Crippen LogP contribution >= 0.6 is 0 Å². The summed E-state index contributed by atoms with van der Waals surface area (Å²) in [5.74, 6) is 2.18. The summed E-state index contributed by atoms with van der Waals surface area (Å²) in [7, 11) is 1.63. The number of ether oxygens (including phenoxy) is 2. The first-order valence-corrected chi connectivity index (χ1v) is 9.49. The predicted molar refractivity (Wildman–Crippen MR) is 106 cm³/mol. The second kappa shape index (κ2) is 7.92. The van der Waals surface area contributed by atoms with Crippen LogP contribution in [-0.2, 0) is 0 Å². The van der Waals surface area contributed by atoms with Crippen LogP contribution in [0.4, 0.5) is 0 Å². The minimum atomic E-state index is 0.150. The Labute approximate surface area is 159 Å². The second-order valence-electron chi connectivity index (χ2n) is 6.94. The highest BCUT2D eigenvalue weighted by Crippen LogP contribution is 2.36. The molecule has 2 aromatic carbocycles. The van der Waals surface area contributed by atoms with Crippen molar-refractivity contribution in [3.8, 4) is 28.6 Å². The molecule has 0 spiro atoms. The lowest BCUT2D eigenvalue weighted by atomic mass is 10.1. The molecule has 1 aliphatic rings. The quantitative estimate of drug-likeness (QED) is 0.686. The van der Waals surface area contributed by atoms with Crippen molar-refractivity contribution >= 4 is 11.0 Å². The lowest BCUT2D eigenvalue weighted by molar-refractivity contribution is 0.183. The van der Waals surface area contributed by atoms with Crippen molar-refractivity contribution in [2.24, 2.45) is 0 Å². The highest BCUT2D eigenvalue weighted by molar-refractivity contribution is 5.85. The third-order valence-electron chi connectivity index (χ3n) is 5.09. The molecule has 0 bridgehead atoms. The van der Waals surface area contributed by atoms with Crippen LogP contribution < -0.4 is 9.47 Å². The number of phenolic OH excluding ortho intramolecular Hbond substituents is 1. The average Bonchev–Trinajstić information content (AvgIpc) is 3.11. The molecule has 0 saturated carbocycles. The van der Waals surface area contributed by atoms with Crippen molar-refractivity contribution in [1.82, 2.24) is 4.90 Å². The Morgan fingerprint density at radius 2 is 1.81 bits per heavy atom. The van der Waals surface area contributed by atoms with Crippen molar-refractivity contribution in [3.63, 3.8) is 0 Å². The van der Waals surface area contributed by atoms with E-state index in [1.807, 2.05) is 36.4 Å². The smallest absolute Gasteiger partial charge is 0.139 e. The summed E-state index contributed by atoms with van der Waals surface area (Å²) in [6.07, 6.45) is 3.89. The molecule has 3 aromatic rings. The van der Waals surface area contributed by atoms with E-state index in [-0.39, 0.29) is 5.75 Å². The summed E-state index contributed by atoms with van der Waals surface area (Å²) in [4.78, 5) is 2.43. The second-order valence-corrected chi connectivity index (χ2v) is 6.94. The lowest BCUT2D eigenvalue weighted by Crippen LogP contribution is -2.33. The van der Waals surface area contributed by atoms with E-state index in [0.29, 0.717) is 23.7 Å². The van der Waals surface area contributed by atoms with Crippen molar-refractivity contribution in [2.45, 2.75) is 19.3 Å². The van der Waals surface area contributed by atoms with Gasteiger partial charge >= 0.3 is 0 Å². The summed E-state index contributed by atoms with van der Waals surface area (Å²) in [6, 6.07) is 12.9. The summed E-state index contributed by atoms with van der Waals surface area (Å²) < 4.78 is 16.9. The molecule has 1 saturated heterocycles. The Morgan fingerprint density at radius 3 is 2.59 bits per heavy atom. The third-order valence-corrected chi connectivity index (χ3v) is 5.09. The molecule has 2 heterocycles. The van der Waals surface area contributed by atoms with Gasteiger partial charge in [0.2, 0.25) is 0 Å². The number of hydrogen-bond acceptors (Lipinski definition) is 5. The number of likely N-dealkylation sites (tertiary alicyclic amines) is 1. The van der Waals surface area contributed by atoms with Crippen molar-refractivity contribution in [3.05, 3.63) is 42.5 Å². The first-order chi connectivity index (χ1) is 13.2. The van der Waals surface area contributed by atoms with Gasteiger partial charge in [-0.25, -0.2) is 0 Å². The van der Waals surface area contributed by atoms with Gasteiger partial charge in [-0.1, -0.05) is 6.42 Å². The predicted octanol–water partition coefficient (Wildman–Crippen LogP) is 4.68. The lowest BCUT2D eigenvalue weighted by Gasteiger charge is -2.26. The number of fused-ring (bicyclic) bond motifs is 1. The molecular formula is C22H25NO4. The van der Waals surface area contributed by atoms with Crippen molar-refractivity contribution in [2.75, 3.05) is 33.4 Å². The number of aromatic hydroxyl groups is 1. The molecule has 142 valence electrons. The minimum Gasteiger partial charge on any atom is -0.507 e. The summed E-state index contributed by atoms with van der Waals surface area (Å²) in [5, 5.41) is 11.4. The van der Waals surface area contributed by atoms with Gasteiger partial charge in [0.25, 0.3) is 0 Å². The Hall–Kier alpha value is -2.66. The fourth-order valence-electron chi connectivity index (χ4n) is 3.56. The Bertz CT molecular complexity index is 912. The standard InChI is InChI=1S/C22H25NO4/c1-25-17-6-5-16-13-22(27-21(16)15-17)19-8-7-18(14-20(19)24)26-12-11-23-9-3-2-4-10-23/h5-8,13-15,24H,2-4,9-12H2,1H3. The average molecular weight is 367 g/mol. The SMILES string of the molecule is COc1ccc2cc(-c3ccc(OCCN4CCCCC4)cc3O)oc2c1. The van der Waals surface area contributed by atoms with Crippen LogP contribution in [0.15, 0.2) is 46.9 Å². The molecule has 5 nitrogen and oxygen atoms in total. The Kier molecular flexibility index (Phi) is 5.21. The molecule has 0 aliphatic carbocycles. The normalized spacial score (nSPS) is 15.1. The number of piperidine rings is 1. The van der Waals surface area contributed by atoms with E-state index >= 15 is 0 Å². The van der Waals surface area contributed by atoms with E-state index in [0.717, 1.165) is 36.4 Å². The van der Waals surface area contributed by atoms with E-state index in [2.05, 4.69) is 4.90 Å². The van der Waals surface area contributed by atoms with Crippen LogP contribution in [-0.4, -0.2) is 43.4 Å². The van der Waals surface area contributed by atoms with E-state index in [1.54, 1.807) is 13.2 Å². The highest BCUT2D eigenvalue weighted by atomic mass is 16.5. The van der Waals surface area contributed by atoms with Crippen LogP contribution in [0.5, 0.6) is 17.2 Å². The number of methoxy groups -OCH3 is 1. The molecule has 1 aromatic heterocycles. The Balaban J connectivity index is 1.45. The van der Waals surface area contributed by atoms with E-state index in [1.165, 1.54) is 19.3 Å². The maximum absolute atomic E-state index is 10.4. The topological polar surface area (TPSA) is 55.1 Å². The fourth-order valence-corrected chi connectivity index (χ4v) is 3.56. The molecule has 1 aliphatic heterocycles. The molecule has 0 amide bonds. The van der Waals surface area contributed by atoms with Gasteiger partial charge in [0, 0.05) is 24.1 Å². The molecular weight excluding hydrogens is 342 g/mol. The van der Waals surface area contributed by atoms with Gasteiger partial charge in [0.05, 0.1) is 12.7 Å². The highest BCUT2D eigenvalue weighted by Gasteiger charge is 2.13. The molecule has 1 fully saturated rings. The number of hydrogen-bond donors (Lipinski definition) is 1. The van der Waals surface area contributed by atoms with E-state index in [9.17, 15) is 5.11 Å². The number of furan rings is 1. The van der Waals surface area contributed by atoms with Crippen LogP contribution in [0.1, 0.15) is 19.3 Å². The zero-order valence-corrected chi connectivity index (χ0v) is 15.6. The van der Waals surface area contributed by atoms with Gasteiger partial charge in [-0.3, -0.25) is 4.90 Å². The maximum Gasteiger partial charge on any atom is 0.139 e. The maximum atomic E-state index is 10.4. The van der Waals surface area contributed by atoms with Gasteiger partial charge in [0.1, 0.15) is 35.2 Å². The number of phenols is 1. The summed E-state index contributed by atoms with van der Waals surface area (Å²) >= 11 is 0. The van der Waals surface area contributed by atoms with Crippen molar-refractivity contribution < 1.29 is 19.0 Å². The van der Waals surface area contributed by atoms with Gasteiger partial charge in [-0.2, -0.15) is 0 Å².